The monoisotopic (exact) mass is 260 g/mol. The molecule has 98 valence electrons. The molecule has 0 fully saturated rings. The van der Waals surface area contributed by atoms with Crippen molar-refractivity contribution in [3.05, 3.63) is 65.5 Å². The Bertz CT molecular complexity index is 564. The zero-order chi connectivity index (χ0) is 13.7. The molecule has 3 nitrogen and oxygen atoms in total. The Morgan fingerprint density at radius 3 is 2.47 bits per heavy atom. The summed E-state index contributed by atoms with van der Waals surface area (Å²) in [7, 11) is 1.49. The second kappa shape index (κ2) is 6.00. The van der Waals surface area contributed by atoms with Crippen molar-refractivity contribution in [3.8, 4) is 5.75 Å². The lowest BCUT2D eigenvalue weighted by molar-refractivity contribution is 0.0469. The first-order valence-electron chi connectivity index (χ1n) is 5.75. The van der Waals surface area contributed by atoms with E-state index in [2.05, 4.69) is 0 Å². The van der Waals surface area contributed by atoms with E-state index in [4.69, 9.17) is 9.47 Å². The van der Waals surface area contributed by atoms with Crippen molar-refractivity contribution in [3.63, 3.8) is 0 Å². The van der Waals surface area contributed by atoms with Crippen LogP contribution in [0.5, 0.6) is 5.75 Å². The number of benzene rings is 2. The van der Waals surface area contributed by atoms with Gasteiger partial charge in [0.15, 0.2) is 0 Å². The predicted molar refractivity (Wildman–Crippen MR) is 68.5 cm³/mol. The first-order chi connectivity index (χ1) is 9.20. The average Bonchev–Trinajstić information content (AvgIpc) is 2.46. The van der Waals surface area contributed by atoms with Gasteiger partial charge in [0.05, 0.1) is 7.11 Å². The van der Waals surface area contributed by atoms with Crippen molar-refractivity contribution in [2.45, 2.75) is 6.61 Å². The molecule has 0 spiro atoms. The van der Waals surface area contributed by atoms with E-state index in [0.29, 0.717) is 11.3 Å². The lowest BCUT2D eigenvalue weighted by Gasteiger charge is -2.08. The molecule has 0 aliphatic rings. The van der Waals surface area contributed by atoms with Crippen LogP contribution >= 0.6 is 0 Å². The number of halogens is 1. The minimum atomic E-state index is -0.471. The maximum absolute atomic E-state index is 12.7. The summed E-state index contributed by atoms with van der Waals surface area (Å²) in [5.74, 6) is -0.326. The van der Waals surface area contributed by atoms with E-state index in [1.165, 1.54) is 19.2 Å². The van der Waals surface area contributed by atoms with Gasteiger partial charge in [0, 0.05) is 0 Å². The third kappa shape index (κ3) is 3.31. The molecule has 2 aromatic rings. The zero-order valence-corrected chi connectivity index (χ0v) is 10.4. The molecule has 0 aliphatic heterocycles. The topological polar surface area (TPSA) is 35.5 Å². The molecule has 0 aliphatic carbocycles. The number of hydrogen-bond donors (Lipinski definition) is 0. The Labute approximate surface area is 110 Å². The number of ether oxygens (including phenoxy) is 2. The van der Waals surface area contributed by atoms with Crippen molar-refractivity contribution in [2.75, 3.05) is 7.11 Å². The first-order valence-corrected chi connectivity index (χ1v) is 5.75. The first kappa shape index (κ1) is 13.1. The molecule has 0 heterocycles. The summed E-state index contributed by atoms with van der Waals surface area (Å²) in [6.45, 7) is 0.0944. The maximum atomic E-state index is 12.7. The molecule has 0 radical (unpaired) electrons. The molecule has 0 atom stereocenters. The fourth-order valence-electron chi connectivity index (χ4n) is 1.62. The smallest absolute Gasteiger partial charge is 0.342 e. The Hall–Kier alpha value is -2.36. The standard InChI is InChI=1S/C15H13FO3/c1-18-14-5-3-2-4-13(14)15(17)19-10-11-6-8-12(16)9-7-11/h2-9H,10H2,1H3. The normalized spacial score (nSPS) is 10.0. The Balaban J connectivity index is 2.03. The Kier molecular flexibility index (Phi) is 4.13. The highest BCUT2D eigenvalue weighted by atomic mass is 19.1. The highest BCUT2D eigenvalue weighted by molar-refractivity contribution is 5.92. The van der Waals surface area contributed by atoms with Gasteiger partial charge in [-0.2, -0.15) is 0 Å². The number of esters is 1. The highest BCUT2D eigenvalue weighted by Crippen LogP contribution is 2.18. The number of rotatable bonds is 4. The van der Waals surface area contributed by atoms with E-state index in [0.717, 1.165) is 5.56 Å². The number of carbonyl (C=O) groups excluding carboxylic acids is 1. The third-order valence-electron chi connectivity index (χ3n) is 2.61. The van der Waals surface area contributed by atoms with Crippen molar-refractivity contribution in [1.82, 2.24) is 0 Å². The summed E-state index contributed by atoms with van der Waals surface area (Å²) in [5.41, 5.74) is 1.09. The van der Waals surface area contributed by atoms with E-state index in [-0.39, 0.29) is 12.4 Å². The maximum Gasteiger partial charge on any atom is 0.342 e. The molecule has 0 bridgehead atoms. The molecular formula is C15H13FO3. The van der Waals surface area contributed by atoms with E-state index >= 15 is 0 Å². The quantitative estimate of drug-likeness (QED) is 0.792. The Morgan fingerprint density at radius 1 is 1.11 bits per heavy atom. The second-order valence-corrected chi connectivity index (χ2v) is 3.90. The summed E-state index contributed by atoms with van der Waals surface area (Å²) >= 11 is 0. The van der Waals surface area contributed by atoms with Gasteiger partial charge < -0.3 is 9.47 Å². The van der Waals surface area contributed by atoms with Crippen LogP contribution in [0.4, 0.5) is 4.39 Å². The van der Waals surface area contributed by atoms with Crippen LogP contribution in [0.3, 0.4) is 0 Å². The van der Waals surface area contributed by atoms with Gasteiger partial charge >= 0.3 is 5.97 Å². The molecule has 19 heavy (non-hydrogen) atoms. The van der Waals surface area contributed by atoms with Crippen LogP contribution in [0.1, 0.15) is 15.9 Å². The van der Waals surface area contributed by atoms with Crippen LogP contribution in [-0.2, 0) is 11.3 Å². The molecule has 0 saturated carbocycles. The fraction of sp³-hybridized carbons (Fsp3) is 0.133. The van der Waals surface area contributed by atoms with Gasteiger partial charge in [-0.05, 0) is 29.8 Å². The van der Waals surface area contributed by atoms with E-state index in [1.54, 1.807) is 36.4 Å². The predicted octanol–water partition coefficient (Wildman–Crippen LogP) is 3.19. The van der Waals surface area contributed by atoms with Gasteiger partial charge in [0.25, 0.3) is 0 Å². The zero-order valence-electron chi connectivity index (χ0n) is 10.4. The van der Waals surface area contributed by atoms with Crippen LogP contribution < -0.4 is 4.74 Å². The van der Waals surface area contributed by atoms with Gasteiger partial charge in [-0.25, -0.2) is 9.18 Å². The van der Waals surface area contributed by atoms with Gasteiger partial charge in [-0.3, -0.25) is 0 Å². The van der Waals surface area contributed by atoms with Crippen molar-refractivity contribution in [1.29, 1.82) is 0 Å². The molecule has 0 saturated heterocycles. The van der Waals surface area contributed by atoms with E-state index < -0.39 is 5.97 Å². The summed E-state index contributed by atoms with van der Waals surface area (Å²) < 4.78 is 23.0. The molecule has 4 heteroatoms. The summed E-state index contributed by atoms with van der Waals surface area (Å²) in [4.78, 5) is 11.9. The van der Waals surface area contributed by atoms with Crippen molar-refractivity contribution in [2.24, 2.45) is 0 Å². The molecule has 2 rings (SSSR count). The van der Waals surface area contributed by atoms with Gasteiger partial charge in [0.1, 0.15) is 23.7 Å². The molecular weight excluding hydrogens is 247 g/mol. The van der Waals surface area contributed by atoms with Crippen LogP contribution in [-0.4, -0.2) is 13.1 Å². The molecule has 2 aromatic carbocycles. The third-order valence-corrected chi connectivity index (χ3v) is 2.61. The lowest BCUT2D eigenvalue weighted by atomic mass is 10.2. The summed E-state index contributed by atoms with van der Waals surface area (Å²) in [6.07, 6.45) is 0. The molecule has 0 N–H and O–H groups in total. The molecule has 0 aromatic heterocycles. The van der Waals surface area contributed by atoms with E-state index in [1.807, 2.05) is 0 Å². The number of methoxy groups -OCH3 is 1. The number of para-hydroxylation sites is 1. The van der Waals surface area contributed by atoms with Crippen LogP contribution in [0.15, 0.2) is 48.5 Å². The Morgan fingerprint density at radius 2 is 1.79 bits per heavy atom. The van der Waals surface area contributed by atoms with Gasteiger partial charge in [-0.1, -0.05) is 24.3 Å². The number of carbonyl (C=O) groups is 1. The molecule has 0 unspecified atom stereocenters. The van der Waals surface area contributed by atoms with Crippen molar-refractivity contribution >= 4 is 5.97 Å². The van der Waals surface area contributed by atoms with E-state index in [9.17, 15) is 9.18 Å². The average molecular weight is 260 g/mol. The largest absolute Gasteiger partial charge is 0.496 e. The minimum Gasteiger partial charge on any atom is -0.496 e. The summed E-state index contributed by atoms with van der Waals surface area (Å²) in [6, 6.07) is 12.6. The SMILES string of the molecule is COc1ccccc1C(=O)OCc1ccc(F)cc1. The van der Waals surface area contributed by atoms with Crippen LogP contribution in [0.2, 0.25) is 0 Å². The van der Waals surface area contributed by atoms with Crippen LogP contribution in [0, 0.1) is 5.82 Å². The summed E-state index contributed by atoms with van der Waals surface area (Å²) in [5, 5.41) is 0. The minimum absolute atomic E-state index is 0.0944. The molecule has 0 amide bonds. The number of hydrogen-bond acceptors (Lipinski definition) is 3. The van der Waals surface area contributed by atoms with Crippen molar-refractivity contribution < 1.29 is 18.7 Å². The second-order valence-electron chi connectivity index (χ2n) is 3.90. The van der Waals surface area contributed by atoms with Crippen LogP contribution in [0.25, 0.3) is 0 Å². The lowest BCUT2D eigenvalue weighted by Crippen LogP contribution is -2.07. The fourth-order valence-corrected chi connectivity index (χ4v) is 1.62. The van der Waals surface area contributed by atoms with Gasteiger partial charge in [0.2, 0.25) is 0 Å². The highest BCUT2D eigenvalue weighted by Gasteiger charge is 2.12. The van der Waals surface area contributed by atoms with Gasteiger partial charge in [-0.15, -0.1) is 0 Å².